The second kappa shape index (κ2) is 9.13. The summed E-state index contributed by atoms with van der Waals surface area (Å²) in [4.78, 5) is 37.4. The minimum Gasteiger partial charge on any atom is -0.380 e. The van der Waals surface area contributed by atoms with E-state index in [2.05, 4.69) is 29.9 Å². The molecule has 184 valence electrons. The Kier molecular flexibility index (Phi) is 6.55. The second-order valence-corrected chi connectivity index (χ2v) is 10.8. The van der Waals surface area contributed by atoms with Gasteiger partial charge in [0.2, 0.25) is 0 Å². The van der Waals surface area contributed by atoms with Crippen molar-refractivity contribution in [3.8, 4) is 0 Å². The van der Waals surface area contributed by atoms with E-state index in [1.807, 2.05) is 19.9 Å². The highest BCUT2D eigenvalue weighted by atomic mass is 16.3. The molecule has 4 rings (SSSR count). The number of piperazine rings is 1. The number of aliphatic hydroxyl groups is 1. The van der Waals surface area contributed by atoms with E-state index in [0.717, 1.165) is 36.8 Å². The molecule has 3 aliphatic rings. The molecule has 2 heterocycles. The van der Waals surface area contributed by atoms with Gasteiger partial charge in [-0.3, -0.25) is 9.59 Å². The second-order valence-electron chi connectivity index (χ2n) is 10.8. The van der Waals surface area contributed by atoms with E-state index in [-0.39, 0.29) is 17.7 Å². The van der Waals surface area contributed by atoms with E-state index in [1.165, 1.54) is 0 Å². The molecule has 2 aliphatic carbocycles. The summed E-state index contributed by atoms with van der Waals surface area (Å²) in [5.74, 6) is 0.379. The number of H-pyrrole nitrogens is 1. The Labute approximate surface area is 201 Å². The van der Waals surface area contributed by atoms with Crippen molar-refractivity contribution in [2.24, 2.45) is 5.92 Å². The molecule has 0 spiro atoms. The van der Waals surface area contributed by atoms with Crippen molar-refractivity contribution in [2.75, 3.05) is 19.6 Å². The summed E-state index contributed by atoms with van der Waals surface area (Å²) in [6.45, 7) is 9.19. The Morgan fingerprint density at radius 1 is 1.24 bits per heavy atom. The Hall–Kier alpha value is -2.74. The molecular formula is C26H37N5O3. The molecule has 0 unspecified atom stereocenters. The van der Waals surface area contributed by atoms with Crippen molar-refractivity contribution in [3.05, 3.63) is 35.4 Å². The summed E-state index contributed by atoms with van der Waals surface area (Å²) in [6, 6.07) is 0. The molecule has 34 heavy (non-hydrogen) atoms. The lowest BCUT2D eigenvalue weighted by Gasteiger charge is -2.49. The van der Waals surface area contributed by atoms with Gasteiger partial charge in [0, 0.05) is 19.6 Å². The number of aromatic nitrogens is 2. The SMILES string of the molecule is CC(C)/C(=C/C(=N)C1=CCCC1)c1ncc(C(=O)N2CCN(C(=O)C3(O)CCC3)CC2(C)C)[nH]1. The molecule has 2 fully saturated rings. The van der Waals surface area contributed by atoms with Crippen LogP contribution in [0, 0.1) is 11.3 Å². The third kappa shape index (κ3) is 4.60. The van der Waals surface area contributed by atoms with Gasteiger partial charge in [0.1, 0.15) is 17.1 Å². The maximum atomic E-state index is 13.4. The van der Waals surface area contributed by atoms with Crippen LogP contribution in [0.2, 0.25) is 0 Å². The van der Waals surface area contributed by atoms with Gasteiger partial charge in [0.15, 0.2) is 0 Å². The van der Waals surface area contributed by atoms with Gasteiger partial charge in [-0.05, 0) is 75.5 Å². The number of hydrogen-bond acceptors (Lipinski definition) is 5. The van der Waals surface area contributed by atoms with Crippen LogP contribution in [0.4, 0.5) is 0 Å². The maximum absolute atomic E-state index is 13.4. The smallest absolute Gasteiger partial charge is 0.272 e. The van der Waals surface area contributed by atoms with Crippen LogP contribution in [0.5, 0.6) is 0 Å². The summed E-state index contributed by atoms with van der Waals surface area (Å²) < 4.78 is 0. The van der Waals surface area contributed by atoms with Crippen molar-refractivity contribution < 1.29 is 14.7 Å². The summed E-state index contributed by atoms with van der Waals surface area (Å²) in [6.07, 6.45) is 10.5. The Morgan fingerprint density at radius 2 is 1.97 bits per heavy atom. The summed E-state index contributed by atoms with van der Waals surface area (Å²) in [5, 5.41) is 18.9. The molecular weight excluding hydrogens is 430 g/mol. The first kappa shape index (κ1) is 24.4. The molecule has 1 saturated heterocycles. The van der Waals surface area contributed by atoms with E-state index in [1.54, 1.807) is 16.0 Å². The first-order valence-electron chi connectivity index (χ1n) is 12.4. The minimum atomic E-state index is -1.22. The van der Waals surface area contributed by atoms with Crippen LogP contribution in [0.15, 0.2) is 23.9 Å². The van der Waals surface area contributed by atoms with Crippen LogP contribution >= 0.6 is 0 Å². The third-order valence-electron chi connectivity index (χ3n) is 7.40. The largest absolute Gasteiger partial charge is 0.380 e. The van der Waals surface area contributed by atoms with E-state index < -0.39 is 11.1 Å². The van der Waals surface area contributed by atoms with E-state index in [0.29, 0.717) is 49.7 Å². The lowest BCUT2D eigenvalue weighted by Crippen LogP contribution is -2.65. The Morgan fingerprint density at radius 3 is 2.53 bits per heavy atom. The van der Waals surface area contributed by atoms with E-state index in [9.17, 15) is 14.7 Å². The first-order chi connectivity index (χ1) is 16.0. The monoisotopic (exact) mass is 467 g/mol. The molecule has 0 radical (unpaired) electrons. The predicted octanol–water partition coefficient (Wildman–Crippen LogP) is 3.56. The zero-order valence-electron chi connectivity index (χ0n) is 20.8. The number of allylic oxidation sites excluding steroid dienone is 4. The molecule has 0 bridgehead atoms. The standard InChI is InChI=1S/C26H37N5O3/c1-17(2)19(14-20(27)18-8-5-6-9-18)22-28-15-21(29-22)23(32)31-13-12-30(16-25(31,3)4)24(33)26(34)10-7-11-26/h8,14-15,17,27,34H,5-7,9-13,16H2,1-4H3,(H,28,29)/b19-14-,27-20?. The number of amides is 2. The average molecular weight is 468 g/mol. The molecule has 0 aromatic carbocycles. The Balaban J connectivity index is 1.49. The minimum absolute atomic E-state index is 0.139. The van der Waals surface area contributed by atoms with Crippen LogP contribution in [0.1, 0.15) is 82.5 Å². The van der Waals surface area contributed by atoms with Gasteiger partial charge in [0.05, 0.1) is 17.4 Å². The average Bonchev–Trinajstić information content (AvgIpc) is 3.46. The van der Waals surface area contributed by atoms with Crippen molar-refractivity contribution in [1.29, 1.82) is 5.41 Å². The fourth-order valence-corrected chi connectivity index (χ4v) is 5.12. The van der Waals surface area contributed by atoms with Gasteiger partial charge >= 0.3 is 0 Å². The van der Waals surface area contributed by atoms with Crippen molar-refractivity contribution in [2.45, 2.75) is 77.4 Å². The van der Waals surface area contributed by atoms with Crippen molar-refractivity contribution in [1.82, 2.24) is 19.8 Å². The molecule has 1 aromatic heterocycles. The van der Waals surface area contributed by atoms with Crippen molar-refractivity contribution in [3.63, 3.8) is 0 Å². The van der Waals surface area contributed by atoms with E-state index in [4.69, 9.17) is 5.41 Å². The Bertz CT molecular complexity index is 1040. The fourth-order valence-electron chi connectivity index (χ4n) is 5.12. The number of imidazole rings is 1. The topological polar surface area (TPSA) is 113 Å². The van der Waals surface area contributed by atoms with Crippen LogP contribution < -0.4 is 0 Å². The highest BCUT2D eigenvalue weighted by molar-refractivity contribution is 6.10. The number of nitrogens with zero attached hydrogens (tertiary/aromatic N) is 3. The van der Waals surface area contributed by atoms with Gasteiger partial charge in [-0.2, -0.15) is 0 Å². The molecule has 2 amide bonds. The molecule has 8 heteroatoms. The van der Waals surface area contributed by atoms with Gasteiger partial charge in [-0.15, -0.1) is 0 Å². The lowest BCUT2D eigenvalue weighted by atomic mass is 9.78. The number of nitrogens with one attached hydrogen (secondary N) is 2. The molecule has 8 nitrogen and oxygen atoms in total. The quantitative estimate of drug-likeness (QED) is 0.555. The number of hydrogen-bond donors (Lipinski definition) is 3. The number of carbonyl (C=O) groups excluding carboxylic acids is 2. The summed E-state index contributed by atoms with van der Waals surface area (Å²) in [7, 11) is 0. The van der Waals surface area contributed by atoms with Gasteiger partial charge in [0.25, 0.3) is 11.8 Å². The van der Waals surface area contributed by atoms with E-state index >= 15 is 0 Å². The zero-order valence-corrected chi connectivity index (χ0v) is 20.8. The summed E-state index contributed by atoms with van der Waals surface area (Å²) in [5.41, 5.74) is 1.09. The number of aromatic amines is 1. The third-order valence-corrected chi connectivity index (χ3v) is 7.40. The van der Waals surface area contributed by atoms with Gasteiger partial charge < -0.3 is 25.3 Å². The normalized spacial score (nSPS) is 21.9. The van der Waals surface area contributed by atoms with Crippen LogP contribution in [-0.4, -0.2) is 73.2 Å². The molecule has 1 saturated carbocycles. The maximum Gasteiger partial charge on any atom is 0.272 e. The number of rotatable bonds is 6. The summed E-state index contributed by atoms with van der Waals surface area (Å²) >= 11 is 0. The predicted molar refractivity (Wildman–Crippen MR) is 132 cm³/mol. The number of carbonyl (C=O) groups is 2. The highest BCUT2D eigenvalue weighted by Crippen LogP contribution is 2.35. The zero-order chi connectivity index (χ0) is 24.7. The van der Waals surface area contributed by atoms with Gasteiger partial charge in [-0.25, -0.2) is 4.98 Å². The molecule has 3 N–H and O–H groups in total. The van der Waals surface area contributed by atoms with Crippen LogP contribution in [-0.2, 0) is 4.79 Å². The highest BCUT2D eigenvalue weighted by Gasteiger charge is 2.48. The van der Waals surface area contributed by atoms with Gasteiger partial charge in [-0.1, -0.05) is 19.9 Å². The van der Waals surface area contributed by atoms with Crippen LogP contribution in [0.25, 0.3) is 5.57 Å². The van der Waals surface area contributed by atoms with Crippen LogP contribution in [0.3, 0.4) is 0 Å². The van der Waals surface area contributed by atoms with Crippen molar-refractivity contribution >= 4 is 23.1 Å². The molecule has 0 atom stereocenters. The first-order valence-corrected chi connectivity index (χ1v) is 12.4. The molecule has 1 aromatic rings. The lowest BCUT2D eigenvalue weighted by molar-refractivity contribution is -0.164. The molecule has 1 aliphatic heterocycles. The fraction of sp³-hybridized carbons (Fsp3) is 0.615.